The third kappa shape index (κ3) is 3.15. The van der Waals surface area contributed by atoms with Crippen molar-refractivity contribution >= 4 is 26.6 Å². The van der Waals surface area contributed by atoms with E-state index in [1.807, 2.05) is 24.3 Å². The highest BCUT2D eigenvalue weighted by Crippen LogP contribution is 2.31. The fourth-order valence-electron chi connectivity index (χ4n) is 3.30. The maximum Gasteiger partial charge on any atom is 0.211 e. The van der Waals surface area contributed by atoms with E-state index < -0.39 is 10.0 Å². The Kier molecular flexibility index (Phi) is 4.13. The maximum absolute atomic E-state index is 13.6. The predicted molar refractivity (Wildman–Crippen MR) is 100 cm³/mol. The number of halogens is 1. The first-order valence-electron chi connectivity index (χ1n) is 8.30. The number of aromatic amines is 1. The zero-order valence-corrected chi connectivity index (χ0v) is 15.1. The maximum atomic E-state index is 13.6. The van der Waals surface area contributed by atoms with Crippen LogP contribution in [-0.4, -0.2) is 42.0 Å². The molecule has 5 nitrogen and oxygen atoms in total. The number of aromatic nitrogens is 2. The first kappa shape index (κ1) is 16.9. The lowest BCUT2D eigenvalue weighted by Crippen LogP contribution is -2.33. The number of sulfonamides is 1. The summed E-state index contributed by atoms with van der Waals surface area (Å²) in [5, 5.41) is 0.916. The Labute approximate surface area is 151 Å². The molecule has 0 amide bonds. The average molecular weight is 371 g/mol. The molecule has 0 aliphatic carbocycles. The van der Waals surface area contributed by atoms with Crippen LogP contribution in [0, 0.1) is 5.82 Å². The van der Waals surface area contributed by atoms with Gasteiger partial charge >= 0.3 is 0 Å². The lowest BCUT2D eigenvalue weighted by Gasteiger charge is -2.23. The van der Waals surface area contributed by atoms with E-state index in [0.29, 0.717) is 19.5 Å². The van der Waals surface area contributed by atoms with Crippen LogP contribution in [0.15, 0.2) is 48.7 Å². The van der Waals surface area contributed by atoms with Gasteiger partial charge in [-0.15, -0.1) is 0 Å². The normalized spacial score (nSPS) is 16.0. The Hall–Kier alpha value is -2.51. The summed E-state index contributed by atoms with van der Waals surface area (Å²) in [6.07, 6.45) is 5.49. The summed E-state index contributed by atoms with van der Waals surface area (Å²) in [4.78, 5) is 7.68. The molecule has 3 aromatic rings. The van der Waals surface area contributed by atoms with Crippen molar-refractivity contribution in [2.45, 2.75) is 6.42 Å². The standard InChI is InChI=1S/C19H18FN3O2S/c1-26(24,25)23-9-6-13(7-10-23)18-12-17-16(5-8-21-19(17)22-18)14-3-2-4-15(20)11-14/h2-6,8,11-12H,7,9-10H2,1H3,(H,21,22). The molecule has 0 saturated heterocycles. The minimum Gasteiger partial charge on any atom is -0.339 e. The van der Waals surface area contributed by atoms with Crippen molar-refractivity contribution in [1.29, 1.82) is 0 Å². The molecule has 0 spiro atoms. The summed E-state index contributed by atoms with van der Waals surface area (Å²) >= 11 is 0. The number of pyridine rings is 1. The number of fused-ring (bicyclic) bond motifs is 1. The molecule has 7 heteroatoms. The molecule has 2 aromatic heterocycles. The van der Waals surface area contributed by atoms with Gasteiger partial charge in [-0.2, -0.15) is 4.31 Å². The molecule has 4 rings (SSSR count). The van der Waals surface area contributed by atoms with Gasteiger partial charge in [0.1, 0.15) is 11.5 Å². The van der Waals surface area contributed by atoms with Crippen molar-refractivity contribution in [3.05, 3.63) is 60.2 Å². The quantitative estimate of drug-likeness (QED) is 0.767. The fourth-order valence-corrected chi connectivity index (χ4v) is 4.07. The van der Waals surface area contributed by atoms with Crippen molar-refractivity contribution in [3.63, 3.8) is 0 Å². The fraction of sp³-hybridized carbons (Fsp3) is 0.211. The second-order valence-corrected chi connectivity index (χ2v) is 8.40. The molecule has 134 valence electrons. The summed E-state index contributed by atoms with van der Waals surface area (Å²) in [6.45, 7) is 0.831. The van der Waals surface area contributed by atoms with Crippen LogP contribution >= 0.6 is 0 Å². The van der Waals surface area contributed by atoms with Gasteiger partial charge < -0.3 is 4.98 Å². The number of H-pyrrole nitrogens is 1. The second kappa shape index (κ2) is 6.34. The molecule has 1 aliphatic heterocycles. The number of hydrogen-bond acceptors (Lipinski definition) is 3. The van der Waals surface area contributed by atoms with Gasteiger partial charge in [0.25, 0.3) is 0 Å². The molecule has 0 fully saturated rings. The SMILES string of the molecule is CS(=O)(=O)N1CC=C(c2cc3c(-c4cccc(F)c4)ccnc3[nH]2)CC1. The van der Waals surface area contributed by atoms with Crippen LogP contribution in [0.25, 0.3) is 27.7 Å². The molecule has 1 N–H and O–H groups in total. The van der Waals surface area contributed by atoms with Gasteiger partial charge in [-0.05, 0) is 47.4 Å². The van der Waals surface area contributed by atoms with Crippen molar-refractivity contribution < 1.29 is 12.8 Å². The van der Waals surface area contributed by atoms with Crippen LogP contribution in [0.1, 0.15) is 12.1 Å². The minimum absolute atomic E-state index is 0.279. The zero-order valence-electron chi connectivity index (χ0n) is 14.2. The highest BCUT2D eigenvalue weighted by Gasteiger charge is 2.21. The Morgan fingerprint density at radius 2 is 2.08 bits per heavy atom. The summed E-state index contributed by atoms with van der Waals surface area (Å²) in [5.74, 6) is -0.279. The third-order valence-corrected chi connectivity index (χ3v) is 5.92. The Bertz CT molecular complexity index is 1120. The molecule has 1 aromatic carbocycles. The molecule has 0 atom stereocenters. The highest BCUT2D eigenvalue weighted by atomic mass is 32.2. The van der Waals surface area contributed by atoms with Crippen LogP contribution in [0.4, 0.5) is 4.39 Å². The zero-order chi connectivity index (χ0) is 18.3. The molecular weight excluding hydrogens is 353 g/mol. The van der Waals surface area contributed by atoms with Gasteiger partial charge in [0.2, 0.25) is 10.0 Å². The van der Waals surface area contributed by atoms with E-state index in [0.717, 1.165) is 33.4 Å². The van der Waals surface area contributed by atoms with Crippen LogP contribution in [0.2, 0.25) is 0 Å². The largest absolute Gasteiger partial charge is 0.339 e. The van der Waals surface area contributed by atoms with Crippen LogP contribution in [0.5, 0.6) is 0 Å². The Balaban J connectivity index is 1.73. The van der Waals surface area contributed by atoms with Crippen molar-refractivity contribution in [2.75, 3.05) is 19.3 Å². The van der Waals surface area contributed by atoms with Crippen LogP contribution < -0.4 is 0 Å². The first-order chi connectivity index (χ1) is 12.4. The molecule has 0 bridgehead atoms. The molecule has 0 saturated carbocycles. The van der Waals surface area contributed by atoms with Gasteiger partial charge in [-0.25, -0.2) is 17.8 Å². The van der Waals surface area contributed by atoms with E-state index in [2.05, 4.69) is 9.97 Å². The highest BCUT2D eigenvalue weighted by molar-refractivity contribution is 7.88. The molecule has 1 aliphatic rings. The second-order valence-electron chi connectivity index (χ2n) is 6.41. The van der Waals surface area contributed by atoms with Gasteiger partial charge in [0, 0.05) is 30.4 Å². The number of nitrogens with zero attached hydrogens (tertiary/aromatic N) is 2. The Morgan fingerprint density at radius 3 is 2.77 bits per heavy atom. The number of benzene rings is 1. The van der Waals surface area contributed by atoms with Crippen LogP contribution in [-0.2, 0) is 10.0 Å². The van der Waals surface area contributed by atoms with E-state index in [1.54, 1.807) is 12.3 Å². The van der Waals surface area contributed by atoms with Gasteiger partial charge in [0.05, 0.1) is 6.26 Å². The lowest BCUT2D eigenvalue weighted by molar-refractivity contribution is 0.445. The predicted octanol–water partition coefficient (Wildman–Crippen LogP) is 3.42. The van der Waals surface area contributed by atoms with Gasteiger partial charge in [-0.1, -0.05) is 18.2 Å². The van der Waals surface area contributed by atoms with Crippen molar-refractivity contribution in [1.82, 2.24) is 14.3 Å². The summed E-state index contributed by atoms with van der Waals surface area (Å²) < 4.78 is 38.3. The van der Waals surface area contributed by atoms with Crippen LogP contribution in [0.3, 0.4) is 0 Å². The molecular formula is C19H18FN3O2S. The molecule has 0 unspecified atom stereocenters. The first-order valence-corrected chi connectivity index (χ1v) is 10.1. The Morgan fingerprint density at radius 1 is 1.23 bits per heavy atom. The van der Waals surface area contributed by atoms with Gasteiger partial charge in [-0.3, -0.25) is 0 Å². The third-order valence-electron chi connectivity index (χ3n) is 4.65. The van der Waals surface area contributed by atoms with E-state index in [4.69, 9.17) is 0 Å². The smallest absolute Gasteiger partial charge is 0.211 e. The molecule has 26 heavy (non-hydrogen) atoms. The van der Waals surface area contributed by atoms with E-state index in [-0.39, 0.29) is 5.82 Å². The number of hydrogen-bond donors (Lipinski definition) is 1. The summed E-state index contributed by atoms with van der Waals surface area (Å²) in [7, 11) is -3.17. The van der Waals surface area contributed by atoms with Gasteiger partial charge in [0.15, 0.2) is 0 Å². The molecule has 0 radical (unpaired) electrons. The number of rotatable bonds is 3. The molecule has 3 heterocycles. The van der Waals surface area contributed by atoms with Crippen molar-refractivity contribution in [3.8, 4) is 11.1 Å². The van der Waals surface area contributed by atoms with E-state index in [9.17, 15) is 12.8 Å². The summed E-state index contributed by atoms with van der Waals surface area (Å²) in [6, 6.07) is 10.4. The van der Waals surface area contributed by atoms with E-state index in [1.165, 1.54) is 22.7 Å². The lowest BCUT2D eigenvalue weighted by atomic mass is 10.0. The monoisotopic (exact) mass is 371 g/mol. The topological polar surface area (TPSA) is 66.1 Å². The minimum atomic E-state index is -3.17. The number of nitrogens with one attached hydrogen (secondary N) is 1. The van der Waals surface area contributed by atoms with Crippen molar-refractivity contribution in [2.24, 2.45) is 0 Å². The average Bonchev–Trinajstić information content (AvgIpc) is 3.05. The summed E-state index contributed by atoms with van der Waals surface area (Å²) in [5.41, 5.74) is 4.42. The van der Waals surface area contributed by atoms with E-state index >= 15 is 0 Å².